The van der Waals surface area contributed by atoms with Gasteiger partial charge in [0.15, 0.2) is 0 Å². The van der Waals surface area contributed by atoms with Crippen LogP contribution in [-0.4, -0.2) is 16.8 Å². The zero-order valence-electron chi connectivity index (χ0n) is 8.50. The van der Waals surface area contributed by atoms with E-state index in [1.807, 2.05) is 20.8 Å². The van der Waals surface area contributed by atoms with Gasteiger partial charge >= 0.3 is 0 Å². The second kappa shape index (κ2) is 4.50. The molecule has 1 atom stereocenters. The number of hydrogen-bond donors (Lipinski definition) is 2. The van der Waals surface area contributed by atoms with E-state index >= 15 is 0 Å². The number of carbonyl (C=O) groups excluding carboxylic acids is 1. The summed E-state index contributed by atoms with van der Waals surface area (Å²) in [7, 11) is 0. The summed E-state index contributed by atoms with van der Waals surface area (Å²) in [5.41, 5.74) is 1.76. The van der Waals surface area contributed by atoms with E-state index in [4.69, 9.17) is 4.52 Å². The van der Waals surface area contributed by atoms with Gasteiger partial charge in [0, 0.05) is 5.56 Å². The van der Waals surface area contributed by atoms with E-state index in [1.54, 1.807) is 0 Å². The van der Waals surface area contributed by atoms with E-state index in [0.29, 0.717) is 0 Å². The van der Waals surface area contributed by atoms with Gasteiger partial charge in [0.05, 0.1) is 17.5 Å². The molecule has 0 aliphatic rings. The highest BCUT2D eigenvalue weighted by molar-refractivity contribution is 7.81. The van der Waals surface area contributed by atoms with Gasteiger partial charge in [-0.2, -0.15) is 12.6 Å². The summed E-state index contributed by atoms with van der Waals surface area (Å²) in [5.74, 6) is 0.837. The Labute approximate surface area is 88.5 Å². The number of aryl methyl sites for hydroxylation is 2. The third kappa shape index (κ3) is 2.29. The second-order valence-corrected chi connectivity index (χ2v) is 3.50. The highest BCUT2D eigenvalue weighted by Crippen LogP contribution is 2.20. The maximum absolute atomic E-state index is 11.1. The predicted octanol–water partition coefficient (Wildman–Crippen LogP) is 1.40. The van der Waals surface area contributed by atoms with Crippen LogP contribution in [0.4, 0.5) is 0 Å². The van der Waals surface area contributed by atoms with Crippen LogP contribution in [0.5, 0.6) is 0 Å². The van der Waals surface area contributed by atoms with Crippen molar-refractivity contribution in [3.8, 4) is 0 Å². The lowest BCUT2D eigenvalue weighted by Crippen LogP contribution is -2.28. The zero-order valence-corrected chi connectivity index (χ0v) is 9.39. The smallest absolute Gasteiger partial charge is 0.230 e. The molecular formula is C9H14N2O2S. The molecule has 0 aliphatic carbocycles. The van der Waals surface area contributed by atoms with Crippen molar-refractivity contribution in [3.63, 3.8) is 0 Å². The maximum atomic E-state index is 11.1. The SMILES string of the molecule is Cc1noc(C)c1C(C)NC(=O)CS. The van der Waals surface area contributed by atoms with Gasteiger partial charge in [-0.3, -0.25) is 4.79 Å². The minimum Gasteiger partial charge on any atom is -0.361 e. The molecule has 5 heteroatoms. The normalized spacial score (nSPS) is 12.6. The summed E-state index contributed by atoms with van der Waals surface area (Å²) in [6.07, 6.45) is 0. The molecule has 1 unspecified atom stereocenters. The van der Waals surface area contributed by atoms with E-state index in [9.17, 15) is 4.79 Å². The lowest BCUT2D eigenvalue weighted by molar-refractivity contribution is -0.119. The van der Waals surface area contributed by atoms with Gasteiger partial charge in [-0.05, 0) is 20.8 Å². The van der Waals surface area contributed by atoms with Crippen LogP contribution >= 0.6 is 12.6 Å². The average molecular weight is 214 g/mol. The number of carbonyl (C=O) groups is 1. The number of aromatic nitrogens is 1. The molecule has 1 aromatic rings. The number of amides is 1. The van der Waals surface area contributed by atoms with Gasteiger partial charge in [-0.25, -0.2) is 0 Å². The van der Waals surface area contributed by atoms with Gasteiger partial charge in [0.1, 0.15) is 5.76 Å². The van der Waals surface area contributed by atoms with Crippen molar-refractivity contribution in [2.24, 2.45) is 0 Å². The lowest BCUT2D eigenvalue weighted by atomic mass is 10.1. The monoisotopic (exact) mass is 214 g/mol. The van der Waals surface area contributed by atoms with Crippen LogP contribution in [0.1, 0.15) is 30.0 Å². The summed E-state index contributed by atoms with van der Waals surface area (Å²) in [4.78, 5) is 11.1. The Bertz CT molecular complexity index is 316. The highest BCUT2D eigenvalue weighted by atomic mass is 32.1. The fourth-order valence-electron chi connectivity index (χ4n) is 1.47. The van der Waals surface area contributed by atoms with Crippen molar-refractivity contribution in [1.82, 2.24) is 10.5 Å². The third-order valence-electron chi connectivity index (χ3n) is 2.04. The summed E-state index contributed by atoms with van der Waals surface area (Å²) in [6.45, 7) is 5.59. The van der Waals surface area contributed by atoms with E-state index in [-0.39, 0.29) is 17.7 Å². The van der Waals surface area contributed by atoms with Crippen LogP contribution in [-0.2, 0) is 4.79 Å². The third-order valence-corrected chi connectivity index (χ3v) is 2.33. The number of rotatable bonds is 3. The number of nitrogens with zero attached hydrogens (tertiary/aromatic N) is 1. The van der Waals surface area contributed by atoms with E-state index in [0.717, 1.165) is 17.0 Å². The van der Waals surface area contributed by atoms with Crippen molar-refractivity contribution in [1.29, 1.82) is 0 Å². The number of thiol groups is 1. The Hall–Kier alpha value is -0.970. The Balaban J connectivity index is 2.78. The molecule has 0 saturated carbocycles. The molecule has 0 radical (unpaired) electrons. The van der Waals surface area contributed by atoms with Crippen molar-refractivity contribution < 1.29 is 9.32 Å². The molecule has 4 nitrogen and oxygen atoms in total. The Kier molecular flexibility index (Phi) is 3.57. The van der Waals surface area contributed by atoms with Crippen molar-refractivity contribution in [2.75, 3.05) is 5.75 Å². The Morgan fingerprint density at radius 3 is 2.71 bits per heavy atom. The molecule has 1 amide bonds. The standard InChI is InChI=1S/C9H14N2O2S/c1-5(10-8(12)4-14)9-6(2)11-13-7(9)3/h5,14H,4H2,1-3H3,(H,10,12). The summed E-state index contributed by atoms with van der Waals surface area (Å²) < 4.78 is 5.01. The van der Waals surface area contributed by atoms with E-state index < -0.39 is 0 Å². The molecule has 0 aromatic carbocycles. The maximum Gasteiger partial charge on any atom is 0.230 e. The molecule has 0 fully saturated rings. The van der Waals surface area contributed by atoms with Crippen molar-refractivity contribution in [2.45, 2.75) is 26.8 Å². The van der Waals surface area contributed by atoms with E-state index in [1.165, 1.54) is 0 Å². The van der Waals surface area contributed by atoms with Gasteiger partial charge in [0.25, 0.3) is 0 Å². The van der Waals surface area contributed by atoms with Crippen LogP contribution in [0.2, 0.25) is 0 Å². The van der Waals surface area contributed by atoms with Crippen LogP contribution in [0.3, 0.4) is 0 Å². The first kappa shape index (κ1) is 11.1. The minimum absolute atomic E-state index is 0.0825. The molecule has 0 spiro atoms. The van der Waals surface area contributed by atoms with Crippen molar-refractivity contribution >= 4 is 18.5 Å². The summed E-state index contributed by atoms with van der Waals surface area (Å²) in [6, 6.07) is -0.0825. The number of hydrogen-bond acceptors (Lipinski definition) is 4. The average Bonchev–Trinajstić information content (AvgIpc) is 2.46. The van der Waals surface area contributed by atoms with Crippen molar-refractivity contribution in [3.05, 3.63) is 17.0 Å². The molecule has 1 heterocycles. The molecule has 14 heavy (non-hydrogen) atoms. The molecule has 0 bridgehead atoms. The fourth-order valence-corrected chi connectivity index (χ4v) is 1.56. The highest BCUT2D eigenvalue weighted by Gasteiger charge is 2.17. The lowest BCUT2D eigenvalue weighted by Gasteiger charge is -2.12. The number of nitrogens with one attached hydrogen (secondary N) is 1. The first-order valence-corrected chi connectivity index (χ1v) is 5.02. The fraction of sp³-hybridized carbons (Fsp3) is 0.556. The summed E-state index contributed by atoms with van der Waals surface area (Å²) >= 11 is 3.89. The van der Waals surface area contributed by atoms with Gasteiger partial charge in [-0.15, -0.1) is 0 Å². The predicted molar refractivity (Wildman–Crippen MR) is 56.4 cm³/mol. The minimum atomic E-state index is -0.0965. The topological polar surface area (TPSA) is 55.1 Å². The molecule has 0 saturated heterocycles. The van der Waals surface area contributed by atoms with Crippen LogP contribution in [0.25, 0.3) is 0 Å². The summed E-state index contributed by atoms with van der Waals surface area (Å²) in [5, 5.41) is 6.62. The first-order chi connectivity index (χ1) is 6.56. The van der Waals surface area contributed by atoms with E-state index in [2.05, 4.69) is 23.1 Å². The largest absolute Gasteiger partial charge is 0.361 e. The second-order valence-electron chi connectivity index (χ2n) is 3.19. The molecule has 1 rings (SSSR count). The van der Waals surface area contributed by atoms with Crippen LogP contribution < -0.4 is 5.32 Å². The molecular weight excluding hydrogens is 200 g/mol. The quantitative estimate of drug-likeness (QED) is 0.748. The first-order valence-electron chi connectivity index (χ1n) is 4.39. The Morgan fingerprint density at radius 1 is 1.64 bits per heavy atom. The Morgan fingerprint density at radius 2 is 2.29 bits per heavy atom. The molecule has 78 valence electrons. The zero-order chi connectivity index (χ0) is 10.7. The molecule has 1 aromatic heterocycles. The van der Waals surface area contributed by atoms with Crippen LogP contribution in [0, 0.1) is 13.8 Å². The van der Waals surface area contributed by atoms with Gasteiger partial charge < -0.3 is 9.84 Å². The van der Waals surface area contributed by atoms with Crippen LogP contribution in [0.15, 0.2) is 4.52 Å². The van der Waals surface area contributed by atoms with Gasteiger partial charge in [0.2, 0.25) is 5.91 Å². The van der Waals surface area contributed by atoms with Gasteiger partial charge in [-0.1, -0.05) is 5.16 Å². The molecule has 0 aliphatic heterocycles. The molecule has 1 N–H and O–H groups in total.